The third-order valence-corrected chi connectivity index (χ3v) is 5.44. The summed E-state index contributed by atoms with van der Waals surface area (Å²) in [6.07, 6.45) is 6.51. The highest BCUT2D eigenvalue weighted by molar-refractivity contribution is 5.14. The van der Waals surface area contributed by atoms with E-state index in [1.165, 1.54) is 63.8 Å². The molecule has 0 aromatic heterocycles. The SMILES string of the molecule is c1ccc(CN2CCC(COCCC3CCNCC3)CC2)cc1. The fourth-order valence-electron chi connectivity index (χ4n) is 3.82. The molecule has 2 aliphatic heterocycles. The van der Waals surface area contributed by atoms with Gasteiger partial charge in [0.15, 0.2) is 0 Å². The standard InChI is InChI=1S/C20H32N2O/c1-2-4-19(5-3-1)16-22-13-8-20(9-14-22)17-23-15-10-18-6-11-21-12-7-18/h1-5,18,20-21H,6-17H2. The highest BCUT2D eigenvalue weighted by Crippen LogP contribution is 2.20. The molecule has 0 atom stereocenters. The summed E-state index contributed by atoms with van der Waals surface area (Å²) >= 11 is 0. The van der Waals surface area contributed by atoms with E-state index >= 15 is 0 Å². The third kappa shape index (κ3) is 5.91. The maximum Gasteiger partial charge on any atom is 0.0495 e. The van der Waals surface area contributed by atoms with Crippen LogP contribution in [0.4, 0.5) is 0 Å². The summed E-state index contributed by atoms with van der Waals surface area (Å²) in [5, 5.41) is 3.43. The van der Waals surface area contributed by atoms with Crippen molar-refractivity contribution < 1.29 is 4.74 Å². The molecule has 1 aromatic carbocycles. The van der Waals surface area contributed by atoms with Crippen LogP contribution in [0, 0.1) is 11.8 Å². The molecule has 1 aromatic rings. The summed E-state index contributed by atoms with van der Waals surface area (Å²) < 4.78 is 5.99. The van der Waals surface area contributed by atoms with Crippen molar-refractivity contribution in [2.24, 2.45) is 11.8 Å². The van der Waals surface area contributed by atoms with Gasteiger partial charge >= 0.3 is 0 Å². The van der Waals surface area contributed by atoms with E-state index in [9.17, 15) is 0 Å². The lowest BCUT2D eigenvalue weighted by Gasteiger charge is -2.32. The van der Waals surface area contributed by atoms with E-state index in [2.05, 4.69) is 40.5 Å². The molecule has 3 heteroatoms. The number of ether oxygens (including phenoxy) is 1. The van der Waals surface area contributed by atoms with E-state index < -0.39 is 0 Å². The highest BCUT2D eigenvalue weighted by Gasteiger charge is 2.19. The van der Waals surface area contributed by atoms with Gasteiger partial charge in [0.05, 0.1) is 0 Å². The Kier molecular flexibility index (Phi) is 6.93. The van der Waals surface area contributed by atoms with Crippen LogP contribution in [-0.2, 0) is 11.3 Å². The lowest BCUT2D eigenvalue weighted by atomic mass is 9.95. The van der Waals surface area contributed by atoms with Crippen molar-refractivity contribution in [2.45, 2.75) is 38.6 Å². The maximum atomic E-state index is 5.99. The summed E-state index contributed by atoms with van der Waals surface area (Å²) in [6, 6.07) is 10.8. The lowest BCUT2D eigenvalue weighted by molar-refractivity contribution is 0.0566. The molecule has 2 aliphatic rings. The van der Waals surface area contributed by atoms with E-state index in [0.29, 0.717) is 0 Å². The van der Waals surface area contributed by atoms with E-state index in [0.717, 1.165) is 31.6 Å². The van der Waals surface area contributed by atoms with Crippen LogP contribution in [-0.4, -0.2) is 44.3 Å². The molecule has 2 fully saturated rings. The summed E-state index contributed by atoms with van der Waals surface area (Å²) in [5.74, 6) is 1.67. The minimum atomic E-state index is 0.773. The van der Waals surface area contributed by atoms with Crippen molar-refractivity contribution in [1.82, 2.24) is 10.2 Å². The van der Waals surface area contributed by atoms with Gasteiger partial charge in [0, 0.05) is 19.8 Å². The van der Waals surface area contributed by atoms with Crippen LogP contribution in [0.3, 0.4) is 0 Å². The molecule has 0 unspecified atom stereocenters. The van der Waals surface area contributed by atoms with Gasteiger partial charge in [-0.25, -0.2) is 0 Å². The van der Waals surface area contributed by atoms with Crippen molar-refractivity contribution in [3.05, 3.63) is 35.9 Å². The minimum absolute atomic E-state index is 0.773. The Balaban J connectivity index is 1.26. The average molecular weight is 316 g/mol. The van der Waals surface area contributed by atoms with Crippen LogP contribution in [0.15, 0.2) is 30.3 Å². The molecule has 23 heavy (non-hydrogen) atoms. The van der Waals surface area contributed by atoms with Crippen LogP contribution < -0.4 is 5.32 Å². The molecule has 0 radical (unpaired) electrons. The van der Waals surface area contributed by atoms with E-state index in [-0.39, 0.29) is 0 Å². The second kappa shape index (κ2) is 9.41. The van der Waals surface area contributed by atoms with Gasteiger partial charge in [0.2, 0.25) is 0 Å². The molecule has 0 saturated carbocycles. The first-order valence-corrected chi connectivity index (χ1v) is 9.45. The molecule has 0 aliphatic carbocycles. The van der Waals surface area contributed by atoms with Crippen LogP contribution in [0.25, 0.3) is 0 Å². The second-order valence-electron chi connectivity index (χ2n) is 7.26. The van der Waals surface area contributed by atoms with Crippen LogP contribution >= 0.6 is 0 Å². The molecule has 0 spiro atoms. The summed E-state index contributed by atoms with van der Waals surface area (Å²) in [4.78, 5) is 2.58. The Morgan fingerprint density at radius 2 is 1.70 bits per heavy atom. The molecule has 128 valence electrons. The zero-order chi connectivity index (χ0) is 15.7. The topological polar surface area (TPSA) is 24.5 Å². The number of nitrogens with one attached hydrogen (secondary N) is 1. The van der Waals surface area contributed by atoms with Crippen molar-refractivity contribution in [3.63, 3.8) is 0 Å². The number of likely N-dealkylation sites (tertiary alicyclic amines) is 1. The molecule has 1 N–H and O–H groups in total. The largest absolute Gasteiger partial charge is 0.381 e. The predicted octanol–water partition coefficient (Wildman–Crippen LogP) is 3.30. The number of hydrogen-bond acceptors (Lipinski definition) is 3. The quantitative estimate of drug-likeness (QED) is 0.781. The van der Waals surface area contributed by atoms with E-state index in [4.69, 9.17) is 4.74 Å². The van der Waals surface area contributed by atoms with Gasteiger partial charge in [-0.15, -0.1) is 0 Å². The van der Waals surface area contributed by atoms with Gasteiger partial charge in [-0.05, 0) is 75.7 Å². The van der Waals surface area contributed by atoms with Gasteiger partial charge in [-0.3, -0.25) is 4.90 Å². The second-order valence-corrected chi connectivity index (χ2v) is 7.26. The molecule has 2 saturated heterocycles. The zero-order valence-electron chi connectivity index (χ0n) is 14.4. The molecule has 0 amide bonds. The van der Waals surface area contributed by atoms with Crippen molar-refractivity contribution >= 4 is 0 Å². The molecule has 3 rings (SSSR count). The number of nitrogens with zero attached hydrogens (tertiary/aromatic N) is 1. The third-order valence-electron chi connectivity index (χ3n) is 5.44. The first kappa shape index (κ1) is 16.9. The van der Waals surface area contributed by atoms with Gasteiger partial charge in [-0.2, -0.15) is 0 Å². The Labute approximate surface area is 141 Å². The molecular weight excluding hydrogens is 284 g/mol. The summed E-state index contributed by atoms with van der Waals surface area (Å²) in [7, 11) is 0. The lowest BCUT2D eigenvalue weighted by Crippen LogP contribution is -2.34. The summed E-state index contributed by atoms with van der Waals surface area (Å²) in [6.45, 7) is 7.88. The Morgan fingerprint density at radius 3 is 2.43 bits per heavy atom. The Hall–Kier alpha value is -0.900. The normalized spacial score (nSPS) is 21.6. The number of rotatable bonds is 7. The fourth-order valence-corrected chi connectivity index (χ4v) is 3.82. The molecule has 0 bridgehead atoms. The van der Waals surface area contributed by atoms with Crippen LogP contribution in [0.2, 0.25) is 0 Å². The van der Waals surface area contributed by atoms with E-state index in [1.807, 2.05) is 0 Å². The number of piperidine rings is 2. The maximum absolute atomic E-state index is 5.99. The first-order valence-electron chi connectivity index (χ1n) is 9.45. The molecule has 3 nitrogen and oxygen atoms in total. The monoisotopic (exact) mass is 316 g/mol. The van der Waals surface area contributed by atoms with Gasteiger partial charge in [0.1, 0.15) is 0 Å². The van der Waals surface area contributed by atoms with Crippen LogP contribution in [0.5, 0.6) is 0 Å². The van der Waals surface area contributed by atoms with E-state index in [1.54, 1.807) is 0 Å². The summed E-state index contributed by atoms with van der Waals surface area (Å²) in [5.41, 5.74) is 1.43. The van der Waals surface area contributed by atoms with Crippen molar-refractivity contribution in [3.8, 4) is 0 Å². The number of hydrogen-bond donors (Lipinski definition) is 1. The number of benzene rings is 1. The molecule has 2 heterocycles. The highest BCUT2D eigenvalue weighted by atomic mass is 16.5. The van der Waals surface area contributed by atoms with Gasteiger partial charge in [0.25, 0.3) is 0 Å². The minimum Gasteiger partial charge on any atom is -0.381 e. The average Bonchev–Trinajstić information content (AvgIpc) is 2.62. The Morgan fingerprint density at radius 1 is 0.957 bits per heavy atom. The predicted molar refractivity (Wildman–Crippen MR) is 95.5 cm³/mol. The van der Waals surface area contributed by atoms with Gasteiger partial charge in [-0.1, -0.05) is 30.3 Å². The van der Waals surface area contributed by atoms with Crippen LogP contribution in [0.1, 0.15) is 37.7 Å². The molecular formula is C20H32N2O. The van der Waals surface area contributed by atoms with Crippen molar-refractivity contribution in [1.29, 1.82) is 0 Å². The zero-order valence-corrected chi connectivity index (χ0v) is 14.4. The first-order chi connectivity index (χ1) is 11.4. The fraction of sp³-hybridized carbons (Fsp3) is 0.700. The van der Waals surface area contributed by atoms with Gasteiger partial charge < -0.3 is 10.1 Å². The van der Waals surface area contributed by atoms with Crippen molar-refractivity contribution in [2.75, 3.05) is 39.4 Å². The Bertz CT molecular complexity index is 423. The smallest absolute Gasteiger partial charge is 0.0495 e.